The van der Waals surface area contributed by atoms with Gasteiger partial charge in [0.15, 0.2) is 0 Å². The average molecular weight is 255 g/mol. The van der Waals surface area contributed by atoms with E-state index in [1.165, 1.54) is 6.20 Å². The van der Waals surface area contributed by atoms with E-state index in [-0.39, 0.29) is 17.7 Å². The summed E-state index contributed by atoms with van der Waals surface area (Å²) in [5.41, 5.74) is -0.217. The normalized spacial score (nSPS) is 18.5. The molecule has 0 aliphatic heterocycles. The number of nitrogens with one attached hydrogen (secondary N) is 1. The number of aliphatic hydroxyl groups is 1. The fourth-order valence-electron chi connectivity index (χ4n) is 1.87. The van der Waals surface area contributed by atoms with Gasteiger partial charge >= 0.3 is 0 Å². The molecule has 0 radical (unpaired) electrons. The topological polar surface area (TPSA) is 62.2 Å². The number of pyridine rings is 1. The fourth-order valence-corrected chi connectivity index (χ4v) is 2.08. The van der Waals surface area contributed by atoms with Gasteiger partial charge in [0.1, 0.15) is 5.15 Å². The van der Waals surface area contributed by atoms with Crippen molar-refractivity contribution in [2.75, 3.05) is 6.61 Å². The van der Waals surface area contributed by atoms with Gasteiger partial charge in [-0.25, -0.2) is 4.98 Å². The highest BCUT2D eigenvalue weighted by molar-refractivity contribution is 6.32. The van der Waals surface area contributed by atoms with Crippen LogP contribution in [0, 0.1) is 5.92 Å². The highest BCUT2D eigenvalue weighted by Crippen LogP contribution is 2.39. The van der Waals surface area contributed by atoms with Crippen LogP contribution < -0.4 is 5.32 Å². The van der Waals surface area contributed by atoms with Crippen LogP contribution in [0.2, 0.25) is 5.15 Å². The number of nitrogens with zero attached hydrogens (tertiary/aromatic N) is 1. The molecular weight excluding hydrogens is 240 g/mol. The van der Waals surface area contributed by atoms with Crippen LogP contribution in [-0.4, -0.2) is 28.1 Å². The number of hydrogen-bond acceptors (Lipinski definition) is 3. The Morgan fingerprint density at radius 2 is 2.41 bits per heavy atom. The lowest BCUT2D eigenvalue weighted by Crippen LogP contribution is -2.50. The van der Waals surface area contributed by atoms with E-state index < -0.39 is 5.54 Å². The third kappa shape index (κ3) is 2.58. The Bertz CT molecular complexity index is 434. The van der Waals surface area contributed by atoms with Gasteiger partial charge in [-0.2, -0.15) is 0 Å². The smallest absolute Gasteiger partial charge is 0.254 e. The number of carbonyl (C=O) groups is 1. The monoisotopic (exact) mass is 254 g/mol. The van der Waals surface area contributed by atoms with Gasteiger partial charge in [-0.1, -0.05) is 11.6 Å². The molecule has 1 aromatic rings. The molecule has 1 aliphatic rings. The second kappa shape index (κ2) is 4.63. The number of halogens is 1. The Labute approximate surface area is 105 Å². The maximum Gasteiger partial charge on any atom is 0.254 e. The molecule has 0 saturated heterocycles. The maximum atomic E-state index is 12.0. The van der Waals surface area contributed by atoms with Gasteiger partial charge in [0.2, 0.25) is 0 Å². The molecule has 1 amide bonds. The van der Waals surface area contributed by atoms with E-state index in [1.807, 2.05) is 6.92 Å². The lowest BCUT2D eigenvalue weighted by molar-refractivity contribution is 0.0824. The van der Waals surface area contributed by atoms with E-state index in [1.54, 1.807) is 12.1 Å². The Hall–Kier alpha value is -1.13. The lowest BCUT2D eigenvalue weighted by Gasteiger charge is -2.28. The molecule has 1 unspecified atom stereocenters. The summed E-state index contributed by atoms with van der Waals surface area (Å²) in [7, 11) is 0. The van der Waals surface area contributed by atoms with Crippen LogP contribution >= 0.6 is 11.6 Å². The van der Waals surface area contributed by atoms with Crippen molar-refractivity contribution in [3.63, 3.8) is 0 Å². The zero-order valence-electron chi connectivity index (χ0n) is 9.61. The molecule has 0 bridgehead atoms. The summed E-state index contributed by atoms with van der Waals surface area (Å²) in [4.78, 5) is 15.9. The third-order valence-corrected chi connectivity index (χ3v) is 3.51. The minimum absolute atomic E-state index is 0.0682. The van der Waals surface area contributed by atoms with Gasteiger partial charge in [0.05, 0.1) is 17.7 Å². The SMILES string of the molecule is CC(CO)(NC(=O)c1cccnc1Cl)C1CC1. The molecule has 5 heteroatoms. The minimum Gasteiger partial charge on any atom is -0.394 e. The van der Waals surface area contributed by atoms with Crippen LogP contribution in [0.3, 0.4) is 0 Å². The standard InChI is InChI=1S/C12H15ClN2O2/c1-12(7-16,8-4-5-8)15-11(17)9-3-2-6-14-10(9)13/h2-3,6,8,16H,4-5,7H2,1H3,(H,15,17). The molecule has 92 valence electrons. The molecule has 1 atom stereocenters. The van der Waals surface area contributed by atoms with Gasteiger partial charge in [0, 0.05) is 6.20 Å². The van der Waals surface area contributed by atoms with Crippen LogP contribution in [0.4, 0.5) is 0 Å². The summed E-state index contributed by atoms with van der Waals surface area (Å²) < 4.78 is 0. The highest BCUT2D eigenvalue weighted by Gasteiger charge is 2.42. The maximum absolute atomic E-state index is 12.0. The lowest BCUT2D eigenvalue weighted by atomic mass is 9.96. The first-order chi connectivity index (χ1) is 8.07. The molecule has 4 nitrogen and oxygen atoms in total. The highest BCUT2D eigenvalue weighted by atomic mass is 35.5. The molecule has 1 aromatic heterocycles. The van der Waals surface area contributed by atoms with E-state index in [0.29, 0.717) is 11.5 Å². The summed E-state index contributed by atoms with van der Waals surface area (Å²) in [6.45, 7) is 1.79. The van der Waals surface area contributed by atoms with E-state index in [9.17, 15) is 9.90 Å². The summed E-state index contributed by atoms with van der Waals surface area (Å²) in [5.74, 6) is 0.0680. The second-order valence-electron chi connectivity index (χ2n) is 4.65. The van der Waals surface area contributed by atoms with Crippen molar-refractivity contribution in [1.82, 2.24) is 10.3 Å². The second-order valence-corrected chi connectivity index (χ2v) is 5.00. The van der Waals surface area contributed by atoms with Crippen molar-refractivity contribution < 1.29 is 9.90 Å². The number of rotatable bonds is 4. The van der Waals surface area contributed by atoms with Crippen LogP contribution in [0.15, 0.2) is 18.3 Å². The van der Waals surface area contributed by atoms with Gasteiger partial charge in [-0.15, -0.1) is 0 Å². The Morgan fingerprint density at radius 1 is 1.71 bits per heavy atom. The van der Waals surface area contributed by atoms with E-state index in [4.69, 9.17) is 11.6 Å². The molecular formula is C12H15ClN2O2. The minimum atomic E-state index is -0.559. The van der Waals surface area contributed by atoms with E-state index in [0.717, 1.165) is 12.8 Å². The van der Waals surface area contributed by atoms with Crippen LogP contribution in [-0.2, 0) is 0 Å². The largest absolute Gasteiger partial charge is 0.394 e. The van der Waals surface area contributed by atoms with Gasteiger partial charge in [0.25, 0.3) is 5.91 Å². The Kier molecular flexibility index (Phi) is 3.35. The van der Waals surface area contributed by atoms with Crippen molar-refractivity contribution in [3.05, 3.63) is 29.0 Å². The molecule has 1 saturated carbocycles. The first-order valence-electron chi connectivity index (χ1n) is 5.61. The van der Waals surface area contributed by atoms with Gasteiger partial charge in [-0.05, 0) is 37.8 Å². The predicted molar refractivity (Wildman–Crippen MR) is 64.9 cm³/mol. The molecule has 1 fully saturated rings. The summed E-state index contributed by atoms with van der Waals surface area (Å²) in [6.07, 6.45) is 3.61. The number of amides is 1. The summed E-state index contributed by atoms with van der Waals surface area (Å²) in [5, 5.41) is 12.4. The van der Waals surface area contributed by atoms with Gasteiger partial charge in [-0.3, -0.25) is 4.79 Å². The Balaban J connectivity index is 2.13. The number of aromatic nitrogens is 1. The van der Waals surface area contributed by atoms with Crippen molar-refractivity contribution in [2.45, 2.75) is 25.3 Å². The molecule has 2 rings (SSSR count). The number of hydrogen-bond donors (Lipinski definition) is 2. The quantitative estimate of drug-likeness (QED) is 0.803. The molecule has 0 aromatic carbocycles. The average Bonchev–Trinajstić information content (AvgIpc) is 3.13. The molecule has 2 N–H and O–H groups in total. The van der Waals surface area contributed by atoms with Crippen molar-refractivity contribution >= 4 is 17.5 Å². The fraction of sp³-hybridized carbons (Fsp3) is 0.500. The summed E-state index contributed by atoms with van der Waals surface area (Å²) in [6, 6.07) is 3.28. The number of carbonyl (C=O) groups excluding carboxylic acids is 1. The third-order valence-electron chi connectivity index (χ3n) is 3.21. The van der Waals surface area contributed by atoms with Crippen molar-refractivity contribution in [1.29, 1.82) is 0 Å². The molecule has 0 spiro atoms. The number of aliphatic hydroxyl groups excluding tert-OH is 1. The molecule has 17 heavy (non-hydrogen) atoms. The van der Waals surface area contributed by atoms with Crippen molar-refractivity contribution in [2.24, 2.45) is 5.92 Å². The molecule has 1 heterocycles. The van der Waals surface area contributed by atoms with Crippen molar-refractivity contribution in [3.8, 4) is 0 Å². The van der Waals surface area contributed by atoms with Crippen LogP contribution in [0.5, 0.6) is 0 Å². The first-order valence-corrected chi connectivity index (χ1v) is 5.98. The first kappa shape index (κ1) is 12.3. The van der Waals surface area contributed by atoms with Crippen LogP contribution in [0.1, 0.15) is 30.1 Å². The predicted octanol–water partition coefficient (Wildman–Crippen LogP) is 1.63. The Morgan fingerprint density at radius 3 is 2.94 bits per heavy atom. The van der Waals surface area contributed by atoms with E-state index >= 15 is 0 Å². The zero-order valence-corrected chi connectivity index (χ0v) is 10.4. The zero-order chi connectivity index (χ0) is 12.5. The molecule has 1 aliphatic carbocycles. The van der Waals surface area contributed by atoms with E-state index in [2.05, 4.69) is 10.3 Å². The van der Waals surface area contributed by atoms with Crippen LogP contribution in [0.25, 0.3) is 0 Å². The van der Waals surface area contributed by atoms with Gasteiger partial charge < -0.3 is 10.4 Å². The summed E-state index contributed by atoms with van der Waals surface area (Å²) >= 11 is 5.85.